The van der Waals surface area contributed by atoms with Crippen molar-refractivity contribution in [3.8, 4) is 0 Å². The zero-order valence-electron chi connectivity index (χ0n) is 12.4. The van der Waals surface area contributed by atoms with Gasteiger partial charge >= 0.3 is 5.97 Å². The zero-order valence-corrected chi connectivity index (χ0v) is 12.4. The van der Waals surface area contributed by atoms with Crippen LogP contribution < -0.4 is 10.6 Å². The summed E-state index contributed by atoms with van der Waals surface area (Å²) in [4.78, 5) is 25.6. The minimum absolute atomic E-state index is 0.00585. The van der Waals surface area contributed by atoms with E-state index in [4.69, 9.17) is 4.74 Å². The third kappa shape index (κ3) is 3.80. The normalized spacial score (nSPS) is 19.0. The Kier molecular flexibility index (Phi) is 5.30. The Bertz CT molecular complexity index is 519. The summed E-state index contributed by atoms with van der Waals surface area (Å²) in [5.74, 6) is -0.341. The SMILES string of the molecule is CNC(=O)C1CNCCN1Cc1cccc(C(=O)OC)c1. The molecule has 2 rings (SSSR count). The van der Waals surface area contributed by atoms with Gasteiger partial charge in [-0.15, -0.1) is 0 Å². The number of carbonyl (C=O) groups excluding carboxylic acids is 2. The molecule has 0 saturated carbocycles. The second-order valence-electron chi connectivity index (χ2n) is 5.00. The van der Waals surface area contributed by atoms with Crippen molar-refractivity contribution in [3.63, 3.8) is 0 Å². The largest absolute Gasteiger partial charge is 0.465 e. The van der Waals surface area contributed by atoms with Crippen LogP contribution in [0, 0.1) is 0 Å². The van der Waals surface area contributed by atoms with Gasteiger partial charge in [0.15, 0.2) is 0 Å². The molecule has 1 unspecified atom stereocenters. The molecular formula is C15H21N3O3. The molecule has 1 aromatic rings. The van der Waals surface area contributed by atoms with E-state index in [1.807, 2.05) is 18.2 Å². The quantitative estimate of drug-likeness (QED) is 0.764. The van der Waals surface area contributed by atoms with Crippen LogP contribution >= 0.6 is 0 Å². The van der Waals surface area contributed by atoms with Crippen molar-refractivity contribution in [2.45, 2.75) is 12.6 Å². The van der Waals surface area contributed by atoms with Gasteiger partial charge in [-0.05, 0) is 17.7 Å². The second-order valence-corrected chi connectivity index (χ2v) is 5.00. The Morgan fingerprint density at radius 1 is 1.48 bits per heavy atom. The molecule has 1 aliphatic heterocycles. The lowest BCUT2D eigenvalue weighted by molar-refractivity contribution is -0.126. The molecule has 0 bridgehead atoms. The number of hydrogen-bond acceptors (Lipinski definition) is 5. The lowest BCUT2D eigenvalue weighted by Gasteiger charge is -2.34. The molecule has 21 heavy (non-hydrogen) atoms. The molecule has 6 heteroatoms. The van der Waals surface area contributed by atoms with Crippen molar-refractivity contribution in [2.75, 3.05) is 33.8 Å². The molecule has 1 amide bonds. The van der Waals surface area contributed by atoms with E-state index in [0.29, 0.717) is 18.7 Å². The molecule has 0 aliphatic carbocycles. The number of methoxy groups -OCH3 is 1. The van der Waals surface area contributed by atoms with Gasteiger partial charge in [0, 0.05) is 33.2 Å². The standard InChI is InChI=1S/C15H21N3O3/c1-16-14(19)13-9-17-6-7-18(13)10-11-4-3-5-12(8-11)15(20)21-2/h3-5,8,13,17H,6-7,9-10H2,1-2H3,(H,16,19). The maximum Gasteiger partial charge on any atom is 0.337 e. The first-order chi connectivity index (χ1) is 10.2. The summed E-state index contributed by atoms with van der Waals surface area (Å²) in [5.41, 5.74) is 1.52. The number of esters is 1. The Morgan fingerprint density at radius 2 is 2.29 bits per heavy atom. The summed E-state index contributed by atoms with van der Waals surface area (Å²) in [6.45, 7) is 2.91. The van der Waals surface area contributed by atoms with E-state index in [1.54, 1.807) is 13.1 Å². The van der Waals surface area contributed by atoms with E-state index in [2.05, 4.69) is 15.5 Å². The fraction of sp³-hybridized carbons (Fsp3) is 0.467. The van der Waals surface area contributed by atoms with Crippen molar-refractivity contribution in [2.24, 2.45) is 0 Å². The monoisotopic (exact) mass is 291 g/mol. The summed E-state index contributed by atoms with van der Waals surface area (Å²) in [6.07, 6.45) is 0. The van der Waals surface area contributed by atoms with Crippen LogP contribution in [0.1, 0.15) is 15.9 Å². The summed E-state index contributed by atoms with van der Waals surface area (Å²) in [6, 6.07) is 7.14. The van der Waals surface area contributed by atoms with Gasteiger partial charge in [-0.3, -0.25) is 9.69 Å². The summed E-state index contributed by atoms with van der Waals surface area (Å²) >= 11 is 0. The molecule has 2 N–H and O–H groups in total. The van der Waals surface area contributed by atoms with Crippen LogP contribution in [-0.4, -0.2) is 56.6 Å². The highest BCUT2D eigenvalue weighted by atomic mass is 16.5. The predicted octanol–water partition coefficient (Wildman–Crippen LogP) is -0.00700. The lowest BCUT2D eigenvalue weighted by atomic mass is 10.1. The van der Waals surface area contributed by atoms with Crippen LogP contribution in [0.15, 0.2) is 24.3 Å². The van der Waals surface area contributed by atoms with Gasteiger partial charge in [0.1, 0.15) is 6.04 Å². The van der Waals surface area contributed by atoms with Gasteiger partial charge in [0.25, 0.3) is 0 Å². The summed E-state index contributed by atoms with van der Waals surface area (Å²) in [5, 5.41) is 5.92. The van der Waals surface area contributed by atoms with Gasteiger partial charge in [-0.1, -0.05) is 12.1 Å². The fourth-order valence-electron chi connectivity index (χ4n) is 2.51. The van der Waals surface area contributed by atoms with Crippen LogP contribution in [0.25, 0.3) is 0 Å². The zero-order chi connectivity index (χ0) is 15.2. The number of amides is 1. The third-order valence-electron chi connectivity index (χ3n) is 3.64. The molecule has 1 fully saturated rings. The number of carbonyl (C=O) groups is 2. The number of likely N-dealkylation sites (N-methyl/N-ethyl adjacent to an activating group) is 1. The molecule has 1 heterocycles. The molecule has 1 aliphatic rings. The number of ether oxygens (including phenoxy) is 1. The minimum atomic E-state index is -0.347. The average molecular weight is 291 g/mol. The van der Waals surface area contributed by atoms with E-state index in [0.717, 1.165) is 18.7 Å². The van der Waals surface area contributed by atoms with Gasteiger partial charge in [-0.25, -0.2) is 4.79 Å². The molecular weight excluding hydrogens is 270 g/mol. The van der Waals surface area contributed by atoms with E-state index >= 15 is 0 Å². The van der Waals surface area contributed by atoms with Crippen molar-refractivity contribution >= 4 is 11.9 Å². The molecule has 0 radical (unpaired) electrons. The molecule has 1 atom stereocenters. The number of nitrogens with one attached hydrogen (secondary N) is 2. The smallest absolute Gasteiger partial charge is 0.337 e. The lowest BCUT2D eigenvalue weighted by Crippen LogP contribution is -2.56. The molecule has 6 nitrogen and oxygen atoms in total. The van der Waals surface area contributed by atoms with Crippen molar-refractivity contribution in [3.05, 3.63) is 35.4 Å². The maximum absolute atomic E-state index is 11.9. The maximum atomic E-state index is 11.9. The fourth-order valence-corrected chi connectivity index (χ4v) is 2.51. The first-order valence-electron chi connectivity index (χ1n) is 6.99. The number of rotatable bonds is 4. The number of nitrogens with zero attached hydrogens (tertiary/aromatic N) is 1. The van der Waals surface area contributed by atoms with Crippen LogP contribution in [0.5, 0.6) is 0 Å². The Balaban J connectivity index is 2.12. The van der Waals surface area contributed by atoms with E-state index < -0.39 is 0 Å². The van der Waals surface area contributed by atoms with E-state index in [1.165, 1.54) is 7.11 Å². The number of hydrogen-bond donors (Lipinski definition) is 2. The van der Waals surface area contributed by atoms with Crippen molar-refractivity contribution in [1.82, 2.24) is 15.5 Å². The number of benzene rings is 1. The summed E-state index contributed by atoms with van der Waals surface area (Å²) in [7, 11) is 3.01. The second kappa shape index (κ2) is 7.19. The highest BCUT2D eigenvalue weighted by molar-refractivity contribution is 5.89. The Morgan fingerprint density at radius 3 is 3.00 bits per heavy atom. The van der Waals surface area contributed by atoms with E-state index in [-0.39, 0.29) is 17.9 Å². The van der Waals surface area contributed by atoms with Crippen molar-refractivity contribution in [1.29, 1.82) is 0 Å². The van der Waals surface area contributed by atoms with Gasteiger partial charge in [-0.2, -0.15) is 0 Å². The van der Waals surface area contributed by atoms with Gasteiger partial charge in [0.05, 0.1) is 12.7 Å². The summed E-state index contributed by atoms with van der Waals surface area (Å²) < 4.78 is 4.73. The molecule has 1 aromatic carbocycles. The topological polar surface area (TPSA) is 70.7 Å². The highest BCUT2D eigenvalue weighted by Gasteiger charge is 2.27. The molecule has 114 valence electrons. The Labute approximate surface area is 124 Å². The molecule has 0 spiro atoms. The first-order valence-corrected chi connectivity index (χ1v) is 6.99. The predicted molar refractivity (Wildman–Crippen MR) is 78.9 cm³/mol. The molecule has 1 saturated heterocycles. The van der Waals surface area contributed by atoms with Crippen LogP contribution in [0.2, 0.25) is 0 Å². The van der Waals surface area contributed by atoms with E-state index in [9.17, 15) is 9.59 Å². The average Bonchev–Trinajstić information content (AvgIpc) is 2.54. The Hall–Kier alpha value is -1.92. The van der Waals surface area contributed by atoms with Crippen molar-refractivity contribution < 1.29 is 14.3 Å². The highest BCUT2D eigenvalue weighted by Crippen LogP contribution is 2.13. The minimum Gasteiger partial charge on any atom is -0.465 e. The third-order valence-corrected chi connectivity index (χ3v) is 3.64. The van der Waals surface area contributed by atoms with Crippen LogP contribution in [0.4, 0.5) is 0 Å². The van der Waals surface area contributed by atoms with Crippen LogP contribution in [-0.2, 0) is 16.1 Å². The van der Waals surface area contributed by atoms with Crippen LogP contribution in [0.3, 0.4) is 0 Å². The van der Waals surface area contributed by atoms with Gasteiger partial charge < -0.3 is 15.4 Å². The molecule has 0 aromatic heterocycles. The number of piperazine rings is 1. The van der Waals surface area contributed by atoms with Gasteiger partial charge in [0.2, 0.25) is 5.91 Å². The first kappa shape index (κ1) is 15.5.